The highest BCUT2D eigenvalue weighted by atomic mass is 35.5. The van der Waals surface area contributed by atoms with Gasteiger partial charge >= 0.3 is 0 Å². The third kappa shape index (κ3) is 5.16. The van der Waals surface area contributed by atoms with Crippen molar-refractivity contribution < 1.29 is 4.21 Å². The molecule has 17 heavy (non-hydrogen) atoms. The highest BCUT2D eigenvalue weighted by molar-refractivity contribution is 7.93. The minimum atomic E-state index is -2.39. The van der Waals surface area contributed by atoms with Crippen molar-refractivity contribution in [3.8, 4) is 6.19 Å². The third-order valence-corrected chi connectivity index (χ3v) is 4.08. The zero-order valence-electron chi connectivity index (χ0n) is 9.76. The molecule has 1 rings (SSSR count). The molecule has 0 fully saturated rings. The van der Waals surface area contributed by atoms with Crippen LogP contribution in [0.1, 0.15) is 12.5 Å². The average Bonchev–Trinajstić information content (AvgIpc) is 2.20. The summed E-state index contributed by atoms with van der Waals surface area (Å²) in [7, 11) is -2.39. The molecular weight excluding hydrogens is 258 g/mol. The van der Waals surface area contributed by atoms with Crippen LogP contribution in [0.2, 0.25) is 5.15 Å². The maximum absolute atomic E-state index is 11.8. The van der Waals surface area contributed by atoms with Gasteiger partial charge in [0.25, 0.3) is 0 Å². The molecule has 4 nitrogen and oxygen atoms in total. The van der Waals surface area contributed by atoms with Crippen LogP contribution in [-0.4, -0.2) is 21.2 Å². The third-order valence-electron chi connectivity index (χ3n) is 2.20. The van der Waals surface area contributed by atoms with Gasteiger partial charge in [0.1, 0.15) is 5.15 Å². The lowest BCUT2D eigenvalue weighted by Gasteiger charge is -2.11. The van der Waals surface area contributed by atoms with Gasteiger partial charge in [-0.05, 0) is 24.0 Å². The summed E-state index contributed by atoms with van der Waals surface area (Å²) in [6, 6.07) is 3.62. The summed E-state index contributed by atoms with van der Waals surface area (Å²) in [5, 5.41) is 8.87. The van der Waals surface area contributed by atoms with Crippen LogP contribution < -0.4 is 0 Å². The maximum Gasteiger partial charge on any atom is 0.214 e. The molecule has 0 aromatic carbocycles. The molecule has 2 atom stereocenters. The quantitative estimate of drug-likeness (QED) is 0.624. The monoisotopic (exact) mass is 271 g/mol. The number of halogens is 1. The van der Waals surface area contributed by atoms with E-state index >= 15 is 0 Å². The number of aromatic nitrogens is 1. The van der Waals surface area contributed by atoms with Crippen LogP contribution in [0.3, 0.4) is 0 Å². The highest BCUT2D eigenvalue weighted by Crippen LogP contribution is 2.12. The van der Waals surface area contributed by atoms with E-state index in [4.69, 9.17) is 16.9 Å². The smallest absolute Gasteiger partial charge is 0.214 e. The normalized spacial score (nSPS) is 15.6. The number of nitriles is 1. The molecule has 1 aromatic heterocycles. The zero-order chi connectivity index (χ0) is 12.9. The molecule has 0 saturated heterocycles. The number of hydrogen-bond donors (Lipinski definition) is 0. The second-order valence-corrected chi connectivity index (χ2v) is 6.94. The van der Waals surface area contributed by atoms with Gasteiger partial charge in [0.05, 0.1) is 9.73 Å². The Hall–Kier alpha value is -1.12. The van der Waals surface area contributed by atoms with Gasteiger partial charge in [0, 0.05) is 18.2 Å². The fourth-order valence-corrected chi connectivity index (χ4v) is 3.17. The van der Waals surface area contributed by atoms with Gasteiger partial charge in [-0.25, -0.2) is 9.19 Å². The Morgan fingerprint density at radius 1 is 1.65 bits per heavy atom. The minimum absolute atomic E-state index is 0.174. The fraction of sp³-hybridized carbons (Fsp3) is 0.455. The number of hydrogen-bond acceptors (Lipinski definition) is 4. The van der Waals surface area contributed by atoms with E-state index in [2.05, 4.69) is 9.35 Å². The molecule has 0 aliphatic rings. The molecular formula is C11H14ClN3OS. The topological polar surface area (TPSA) is 66.1 Å². The van der Waals surface area contributed by atoms with Crippen molar-refractivity contribution >= 4 is 21.3 Å². The average molecular weight is 272 g/mol. The molecule has 92 valence electrons. The van der Waals surface area contributed by atoms with E-state index in [-0.39, 0.29) is 5.92 Å². The maximum atomic E-state index is 11.8. The molecule has 6 heteroatoms. The Bertz CT molecular complexity index is 527. The predicted octanol–water partition coefficient (Wildman–Crippen LogP) is 2.49. The van der Waals surface area contributed by atoms with Gasteiger partial charge in [-0.1, -0.05) is 24.6 Å². The molecule has 1 aromatic rings. The Morgan fingerprint density at radius 3 is 2.88 bits per heavy atom. The van der Waals surface area contributed by atoms with Gasteiger partial charge in [-0.2, -0.15) is 5.26 Å². The van der Waals surface area contributed by atoms with E-state index in [0.29, 0.717) is 10.9 Å². The van der Waals surface area contributed by atoms with E-state index in [1.54, 1.807) is 18.5 Å². The van der Waals surface area contributed by atoms with Crippen LogP contribution >= 0.6 is 11.6 Å². The van der Waals surface area contributed by atoms with Crippen LogP contribution in [0.25, 0.3) is 0 Å². The Morgan fingerprint density at radius 2 is 2.35 bits per heavy atom. The minimum Gasteiger partial charge on any atom is -0.249 e. The summed E-state index contributed by atoms with van der Waals surface area (Å²) >= 11 is 5.69. The molecule has 0 spiro atoms. The van der Waals surface area contributed by atoms with E-state index in [1.807, 2.05) is 13.0 Å². The lowest BCUT2D eigenvalue weighted by atomic mass is 10.1. The van der Waals surface area contributed by atoms with Crippen molar-refractivity contribution in [1.29, 1.82) is 5.26 Å². The lowest BCUT2D eigenvalue weighted by molar-refractivity contribution is 0.627. The Balaban J connectivity index is 2.65. The summed E-state index contributed by atoms with van der Waals surface area (Å²) in [5.41, 5.74) is 1.04. The molecule has 0 bridgehead atoms. The fourth-order valence-electron chi connectivity index (χ4n) is 1.64. The Labute approximate surface area is 107 Å². The molecule has 0 radical (unpaired) electrons. The molecule has 0 aliphatic carbocycles. The molecule has 0 saturated carbocycles. The van der Waals surface area contributed by atoms with Gasteiger partial charge in [-0.15, -0.1) is 4.36 Å². The van der Waals surface area contributed by atoms with Crippen LogP contribution in [-0.2, 0) is 16.1 Å². The van der Waals surface area contributed by atoms with Crippen molar-refractivity contribution in [2.45, 2.75) is 13.3 Å². The van der Waals surface area contributed by atoms with Crippen LogP contribution in [0, 0.1) is 17.4 Å². The standard InChI is InChI=1S/C11H14ClN3OS/c1-9(7-17(2,16)15-8-13)5-10-3-4-11(12)14-6-10/h3-4,6,9H,5,7H2,1-2H3. The first-order chi connectivity index (χ1) is 7.93. The lowest BCUT2D eigenvalue weighted by Crippen LogP contribution is -2.14. The van der Waals surface area contributed by atoms with Crippen molar-refractivity contribution in [2.75, 3.05) is 12.0 Å². The number of pyridine rings is 1. The van der Waals surface area contributed by atoms with Crippen LogP contribution in [0.5, 0.6) is 0 Å². The van der Waals surface area contributed by atoms with Crippen LogP contribution in [0.4, 0.5) is 0 Å². The summed E-state index contributed by atoms with van der Waals surface area (Å²) in [5.74, 6) is 0.580. The molecule has 2 unspecified atom stereocenters. The van der Waals surface area contributed by atoms with Gasteiger partial charge in [0.15, 0.2) is 0 Å². The summed E-state index contributed by atoms with van der Waals surface area (Å²) in [6.45, 7) is 1.98. The van der Waals surface area contributed by atoms with Gasteiger partial charge in [0.2, 0.25) is 6.19 Å². The van der Waals surface area contributed by atoms with Crippen molar-refractivity contribution in [2.24, 2.45) is 10.3 Å². The first kappa shape index (κ1) is 13.9. The summed E-state index contributed by atoms with van der Waals surface area (Å²) in [6.07, 6.45) is 5.56. The summed E-state index contributed by atoms with van der Waals surface area (Å²) < 4.78 is 15.3. The van der Waals surface area contributed by atoms with Crippen molar-refractivity contribution in [3.05, 3.63) is 29.0 Å². The first-order valence-electron chi connectivity index (χ1n) is 5.11. The van der Waals surface area contributed by atoms with Crippen LogP contribution in [0.15, 0.2) is 22.7 Å². The van der Waals surface area contributed by atoms with Crippen molar-refractivity contribution in [3.63, 3.8) is 0 Å². The molecule has 1 heterocycles. The predicted molar refractivity (Wildman–Crippen MR) is 69.1 cm³/mol. The molecule has 0 N–H and O–H groups in total. The SMILES string of the molecule is CC(Cc1ccc(Cl)nc1)CS(C)(=O)=NC#N. The first-order valence-corrected chi connectivity index (χ1v) is 7.58. The molecule has 0 amide bonds. The van der Waals surface area contributed by atoms with Gasteiger partial charge < -0.3 is 0 Å². The van der Waals surface area contributed by atoms with E-state index in [9.17, 15) is 4.21 Å². The second-order valence-electron chi connectivity index (χ2n) is 4.12. The van der Waals surface area contributed by atoms with E-state index < -0.39 is 9.73 Å². The van der Waals surface area contributed by atoms with Gasteiger partial charge in [-0.3, -0.25) is 0 Å². The highest BCUT2D eigenvalue weighted by Gasteiger charge is 2.10. The molecule has 0 aliphatic heterocycles. The largest absolute Gasteiger partial charge is 0.249 e. The summed E-state index contributed by atoms with van der Waals surface area (Å²) in [4.78, 5) is 3.98. The van der Waals surface area contributed by atoms with E-state index in [1.165, 1.54) is 6.26 Å². The number of rotatable bonds is 4. The number of nitrogens with zero attached hydrogens (tertiary/aromatic N) is 3. The second kappa shape index (κ2) is 5.99. The van der Waals surface area contributed by atoms with E-state index in [0.717, 1.165) is 12.0 Å². The Kier molecular flexibility index (Phi) is 4.91. The zero-order valence-corrected chi connectivity index (χ0v) is 11.3. The van der Waals surface area contributed by atoms with Crippen molar-refractivity contribution in [1.82, 2.24) is 4.98 Å².